The molecule has 6 nitrogen and oxygen atoms in total. The topological polar surface area (TPSA) is 83.4 Å². The second kappa shape index (κ2) is 6.25. The van der Waals surface area contributed by atoms with Gasteiger partial charge in [0.05, 0.1) is 6.42 Å². The van der Waals surface area contributed by atoms with Gasteiger partial charge in [0.2, 0.25) is 0 Å². The van der Waals surface area contributed by atoms with Crippen molar-refractivity contribution in [1.82, 2.24) is 9.59 Å². The number of hydrogen-bond donors (Lipinski definition) is 1. The number of aliphatic carboxylic acids is 1. The lowest BCUT2D eigenvalue weighted by Gasteiger charge is -2.21. The van der Waals surface area contributed by atoms with Crippen molar-refractivity contribution in [3.63, 3.8) is 0 Å². The summed E-state index contributed by atoms with van der Waals surface area (Å²) in [6.45, 7) is 2.03. The van der Waals surface area contributed by atoms with Crippen LogP contribution in [0.5, 0.6) is 0 Å². The number of aromatic nitrogens is 2. The number of aryl methyl sites for hydroxylation is 1. The third-order valence-electron chi connectivity index (χ3n) is 2.72. The molecule has 20 heavy (non-hydrogen) atoms. The molecule has 7 heteroatoms. The van der Waals surface area contributed by atoms with Crippen LogP contribution in [-0.2, 0) is 4.79 Å². The van der Waals surface area contributed by atoms with Gasteiger partial charge in [-0.25, -0.2) is 0 Å². The molecule has 0 saturated heterocycles. The minimum atomic E-state index is -0.952. The minimum absolute atomic E-state index is 0.0920. The fourth-order valence-electron chi connectivity index (χ4n) is 1.68. The van der Waals surface area contributed by atoms with Crippen LogP contribution in [0.15, 0.2) is 29.6 Å². The van der Waals surface area contributed by atoms with Crippen molar-refractivity contribution in [1.29, 1.82) is 0 Å². The van der Waals surface area contributed by atoms with Crippen LogP contribution >= 0.6 is 11.5 Å². The fraction of sp³-hybridized carbons (Fsp3) is 0.231. The third kappa shape index (κ3) is 3.39. The average Bonchev–Trinajstić information content (AvgIpc) is 2.94. The average molecular weight is 291 g/mol. The van der Waals surface area contributed by atoms with Crippen molar-refractivity contribution < 1.29 is 14.7 Å². The van der Waals surface area contributed by atoms with Gasteiger partial charge < -0.3 is 10.0 Å². The van der Waals surface area contributed by atoms with Gasteiger partial charge in [-0.2, -0.15) is 0 Å². The number of carbonyl (C=O) groups excluding carboxylic acids is 1. The van der Waals surface area contributed by atoms with Crippen LogP contribution in [0.4, 0.5) is 5.69 Å². The summed E-state index contributed by atoms with van der Waals surface area (Å²) in [4.78, 5) is 24.5. The molecule has 0 unspecified atom stereocenters. The molecule has 0 spiro atoms. The van der Waals surface area contributed by atoms with Crippen LogP contribution in [0, 0.1) is 6.92 Å². The number of carboxylic acid groups (broad SMARTS) is 1. The van der Waals surface area contributed by atoms with Gasteiger partial charge in [-0.15, -0.1) is 5.10 Å². The maximum Gasteiger partial charge on any atom is 0.305 e. The van der Waals surface area contributed by atoms with Crippen molar-refractivity contribution in [3.05, 3.63) is 40.9 Å². The van der Waals surface area contributed by atoms with E-state index in [0.29, 0.717) is 5.69 Å². The maximum absolute atomic E-state index is 12.3. The molecule has 2 rings (SSSR count). The van der Waals surface area contributed by atoms with E-state index in [1.807, 2.05) is 19.1 Å². The Morgan fingerprint density at radius 1 is 1.30 bits per heavy atom. The van der Waals surface area contributed by atoms with E-state index in [9.17, 15) is 9.59 Å². The first-order valence-electron chi connectivity index (χ1n) is 5.95. The first-order valence-corrected chi connectivity index (χ1v) is 6.79. The first-order chi connectivity index (χ1) is 9.58. The molecule has 0 radical (unpaired) electrons. The molecule has 0 aliphatic carbocycles. The van der Waals surface area contributed by atoms with Crippen LogP contribution in [0.1, 0.15) is 22.5 Å². The van der Waals surface area contributed by atoms with E-state index in [1.54, 1.807) is 17.5 Å². The molecule has 1 aromatic carbocycles. The van der Waals surface area contributed by atoms with Crippen LogP contribution in [0.25, 0.3) is 0 Å². The molecule has 0 bridgehead atoms. The van der Waals surface area contributed by atoms with Gasteiger partial charge in [-0.05, 0) is 30.6 Å². The van der Waals surface area contributed by atoms with Gasteiger partial charge in [0.1, 0.15) is 0 Å². The summed E-state index contributed by atoms with van der Waals surface area (Å²) < 4.78 is 3.66. The molecule has 2 aromatic rings. The Balaban J connectivity index is 2.26. The molecular formula is C13H13N3O3S. The van der Waals surface area contributed by atoms with Crippen LogP contribution in [0.2, 0.25) is 0 Å². The van der Waals surface area contributed by atoms with E-state index in [4.69, 9.17) is 5.11 Å². The highest BCUT2D eigenvalue weighted by atomic mass is 32.1. The summed E-state index contributed by atoms with van der Waals surface area (Å²) in [5, 5.41) is 14.1. The second-order valence-corrected chi connectivity index (χ2v) is 4.84. The molecule has 1 N–H and O–H groups in total. The van der Waals surface area contributed by atoms with Gasteiger partial charge >= 0.3 is 5.97 Å². The summed E-state index contributed by atoms with van der Waals surface area (Å²) in [5.74, 6) is -1.30. The Morgan fingerprint density at radius 3 is 2.55 bits per heavy atom. The summed E-state index contributed by atoms with van der Waals surface area (Å²) in [6, 6.07) is 7.31. The summed E-state index contributed by atoms with van der Waals surface area (Å²) >= 11 is 1.08. The predicted octanol–water partition coefficient (Wildman–Crippen LogP) is 1.97. The third-order valence-corrected chi connectivity index (χ3v) is 3.22. The first kappa shape index (κ1) is 14.1. The summed E-state index contributed by atoms with van der Waals surface area (Å²) in [7, 11) is 0. The Kier molecular flexibility index (Phi) is 4.41. The lowest BCUT2D eigenvalue weighted by molar-refractivity contribution is -0.136. The number of benzene rings is 1. The van der Waals surface area contributed by atoms with Crippen LogP contribution < -0.4 is 4.90 Å². The number of amides is 1. The summed E-state index contributed by atoms with van der Waals surface area (Å²) in [5.41, 5.74) is 1.94. The second-order valence-electron chi connectivity index (χ2n) is 4.23. The fourth-order valence-corrected chi connectivity index (χ4v) is 2.11. The molecular weight excluding hydrogens is 278 g/mol. The Morgan fingerprint density at radius 2 is 2.00 bits per heavy atom. The van der Waals surface area contributed by atoms with Gasteiger partial charge in [0, 0.05) is 17.6 Å². The minimum Gasteiger partial charge on any atom is -0.481 e. The zero-order valence-electron chi connectivity index (χ0n) is 10.8. The standard InChI is InChI=1S/C13H13N3O3S/c1-9-2-4-10(5-3-9)16(7-6-12(17)18)13(19)11-8-20-15-14-11/h2-5,8H,6-7H2,1H3,(H,17,18). The highest BCUT2D eigenvalue weighted by Crippen LogP contribution is 2.18. The van der Waals surface area contributed by atoms with Crippen molar-refractivity contribution in [2.45, 2.75) is 13.3 Å². The lowest BCUT2D eigenvalue weighted by Crippen LogP contribution is -2.33. The molecule has 0 aliphatic rings. The Bertz CT molecular complexity index is 596. The van der Waals surface area contributed by atoms with Crippen LogP contribution in [-0.4, -0.2) is 33.1 Å². The number of carboxylic acids is 1. The highest BCUT2D eigenvalue weighted by molar-refractivity contribution is 7.03. The lowest BCUT2D eigenvalue weighted by atomic mass is 10.2. The van der Waals surface area contributed by atoms with Gasteiger partial charge in [-0.3, -0.25) is 9.59 Å². The number of rotatable bonds is 5. The monoisotopic (exact) mass is 291 g/mol. The van der Waals surface area contributed by atoms with Crippen molar-refractivity contribution in [3.8, 4) is 0 Å². The summed E-state index contributed by atoms with van der Waals surface area (Å²) in [6.07, 6.45) is -0.128. The molecule has 0 aliphatic heterocycles. The van der Waals surface area contributed by atoms with E-state index in [0.717, 1.165) is 17.1 Å². The molecule has 104 valence electrons. The van der Waals surface area contributed by atoms with E-state index < -0.39 is 5.97 Å². The molecule has 0 fully saturated rings. The van der Waals surface area contributed by atoms with Crippen molar-refractivity contribution in [2.24, 2.45) is 0 Å². The Labute approximate surface area is 119 Å². The number of carbonyl (C=O) groups is 2. The number of nitrogens with zero attached hydrogens (tertiary/aromatic N) is 3. The largest absolute Gasteiger partial charge is 0.481 e. The van der Waals surface area contributed by atoms with Crippen molar-refractivity contribution in [2.75, 3.05) is 11.4 Å². The molecule has 1 heterocycles. The quantitative estimate of drug-likeness (QED) is 0.910. The van der Waals surface area contributed by atoms with E-state index >= 15 is 0 Å². The SMILES string of the molecule is Cc1ccc(N(CCC(=O)O)C(=O)c2csnn2)cc1. The van der Waals surface area contributed by atoms with E-state index in [2.05, 4.69) is 9.59 Å². The molecule has 1 aromatic heterocycles. The zero-order valence-corrected chi connectivity index (χ0v) is 11.6. The predicted molar refractivity (Wildman–Crippen MR) is 75.0 cm³/mol. The van der Waals surface area contributed by atoms with Gasteiger partial charge in [0.15, 0.2) is 5.69 Å². The molecule has 0 atom stereocenters. The maximum atomic E-state index is 12.3. The number of hydrogen-bond acceptors (Lipinski definition) is 5. The Hall–Kier alpha value is -2.28. The van der Waals surface area contributed by atoms with Crippen molar-refractivity contribution >= 4 is 29.1 Å². The molecule has 1 amide bonds. The van der Waals surface area contributed by atoms with Gasteiger partial charge in [0.25, 0.3) is 5.91 Å². The zero-order chi connectivity index (χ0) is 14.5. The van der Waals surface area contributed by atoms with E-state index in [-0.39, 0.29) is 24.6 Å². The van der Waals surface area contributed by atoms with E-state index in [1.165, 1.54) is 4.90 Å². The van der Waals surface area contributed by atoms with Crippen LogP contribution in [0.3, 0.4) is 0 Å². The molecule has 0 saturated carbocycles. The number of anilines is 1. The normalized spacial score (nSPS) is 10.2. The smallest absolute Gasteiger partial charge is 0.305 e. The highest BCUT2D eigenvalue weighted by Gasteiger charge is 2.20. The van der Waals surface area contributed by atoms with Gasteiger partial charge in [-0.1, -0.05) is 22.2 Å².